The van der Waals surface area contributed by atoms with Crippen molar-refractivity contribution in [3.63, 3.8) is 0 Å². The van der Waals surface area contributed by atoms with Gasteiger partial charge in [-0.05, 0) is 51.8 Å². The molecule has 0 fully saturated rings. The van der Waals surface area contributed by atoms with Gasteiger partial charge in [-0.15, -0.1) is 0 Å². The maximum absolute atomic E-state index is 12.4. The lowest BCUT2D eigenvalue weighted by Gasteiger charge is -2.19. The third-order valence-electron chi connectivity index (χ3n) is 4.56. The summed E-state index contributed by atoms with van der Waals surface area (Å²) in [6.07, 6.45) is 3.98. The highest BCUT2D eigenvalue weighted by molar-refractivity contribution is 7.86. The van der Waals surface area contributed by atoms with Crippen molar-refractivity contribution in [1.82, 2.24) is 4.90 Å². The topological polar surface area (TPSA) is 164 Å². The van der Waals surface area contributed by atoms with E-state index in [-0.39, 0.29) is 30.5 Å². The van der Waals surface area contributed by atoms with E-state index in [0.29, 0.717) is 19.3 Å². The van der Waals surface area contributed by atoms with E-state index in [4.69, 9.17) is 4.74 Å². The number of ether oxygens (including phenoxy) is 1. The fourth-order valence-electron chi connectivity index (χ4n) is 3.04. The largest absolute Gasteiger partial charge is 0.454 e. The number of imide groups is 1. The second-order valence-corrected chi connectivity index (χ2v) is 9.93. The Morgan fingerprint density at radius 1 is 1.03 bits per heavy atom. The van der Waals surface area contributed by atoms with Gasteiger partial charge in [-0.25, -0.2) is 4.79 Å². The van der Waals surface area contributed by atoms with Crippen LogP contribution in [0.5, 0.6) is 0 Å². The highest BCUT2D eigenvalue weighted by Crippen LogP contribution is 2.23. The van der Waals surface area contributed by atoms with Gasteiger partial charge in [0.2, 0.25) is 5.91 Å². The van der Waals surface area contributed by atoms with Crippen LogP contribution in [-0.4, -0.2) is 59.5 Å². The normalized spacial score (nSPS) is 13.8. The molecule has 0 atom stereocenters. The summed E-state index contributed by atoms with van der Waals surface area (Å²) in [6.45, 7) is 4.84. The molecule has 0 radical (unpaired) electrons. The first-order valence-electron chi connectivity index (χ1n) is 10.4. The van der Waals surface area contributed by atoms with Crippen molar-refractivity contribution in [2.75, 3.05) is 11.9 Å². The molecule has 34 heavy (non-hydrogen) atoms. The van der Waals surface area contributed by atoms with E-state index in [0.717, 1.165) is 17.0 Å². The molecule has 0 aliphatic carbocycles. The third kappa shape index (κ3) is 7.59. The van der Waals surface area contributed by atoms with Crippen molar-refractivity contribution in [1.29, 1.82) is 0 Å². The minimum atomic E-state index is -4.90. The van der Waals surface area contributed by atoms with Crippen LogP contribution in [-0.2, 0) is 34.0 Å². The summed E-state index contributed by atoms with van der Waals surface area (Å²) in [6, 6.07) is 3.10. The van der Waals surface area contributed by atoms with E-state index < -0.39 is 43.8 Å². The molecule has 0 spiro atoms. The Bertz CT molecular complexity index is 1130. The highest BCUT2D eigenvalue weighted by Gasteiger charge is 2.29. The minimum Gasteiger partial charge on any atom is -0.454 e. The first-order chi connectivity index (χ1) is 15.7. The summed E-state index contributed by atoms with van der Waals surface area (Å²) in [5.74, 6) is -3.74. The lowest BCUT2D eigenvalue weighted by atomic mass is 10.1. The van der Waals surface area contributed by atoms with Crippen LogP contribution >= 0.6 is 0 Å². The predicted molar refractivity (Wildman–Crippen MR) is 119 cm³/mol. The van der Waals surface area contributed by atoms with Crippen LogP contribution in [0.3, 0.4) is 0 Å². The Morgan fingerprint density at radius 2 is 1.65 bits per heavy atom. The van der Waals surface area contributed by atoms with Gasteiger partial charge >= 0.3 is 5.97 Å². The van der Waals surface area contributed by atoms with E-state index in [9.17, 15) is 36.9 Å². The fraction of sp³-hybridized carbons (Fsp3) is 0.409. The molecule has 0 bridgehead atoms. The van der Waals surface area contributed by atoms with Gasteiger partial charge in [0, 0.05) is 30.8 Å². The SMILES string of the molecule is CC(C)(C)OC(=O)C(=O)c1ccc(NC(=O)CCCCCN2C(=O)C=CC2=O)cc1S(=O)(=O)O. The van der Waals surface area contributed by atoms with Gasteiger partial charge < -0.3 is 10.1 Å². The molecule has 2 N–H and O–H groups in total. The van der Waals surface area contributed by atoms with Gasteiger partial charge in [0.05, 0.1) is 5.56 Å². The molecule has 1 aromatic carbocycles. The Morgan fingerprint density at radius 3 is 2.21 bits per heavy atom. The van der Waals surface area contributed by atoms with Gasteiger partial charge in [0.15, 0.2) is 0 Å². The Hall–Kier alpha value is -3.38. The summed E-state index contributed by atoms with van der Waals surface area (Å²) in [7, 11) is -4.90. The first kappa shape index (κ1) is 26.9. The lowest BCUT2D eigenvalue weighted by molar-refractivity contribution is -0.148. The number of carbonyl (C=O) groups excluding carboxylic acids is 5. The molecule has 11 nitrogen and oxygen atoms in total. The van der Waals surface area contributed by atoms with Crippen molar-refractivity contribution < 1.29 is 41.7 Å². The average Bonchev–Trinajstić information content (AvgIpc) is 3.03. The fourth-order valence-corrected chi connectivity index (χ4v) is 3.76. The van der Waals surface area contributed by atoms with Crippen molar-refractivity contribution in [2.24, 2.45) is 0 Å². The smallest absolute Gasteiger partial charge is 0.380 e. The molecule has 1 aliphatic heterocycles. The van der Waals surface area contributed by atoms with Crippen LogP contribution in [0, 0.1) is 0 Å². The van der Waals surface area contributed by atoms with Crippen LogP contribution in [0.15, 0.2) is 35.2 Å². The molecule has 0 aromatic heterocycles. The molecular weight excluding hydrogens is 468 g/mol. The molecule has 184 valence electrons. The summed E-state index contributed by atoms with van der Waals surface area (Å²) in [5, 5.41) is 2.46. The monoisotopic (exact) mass is 494 g/mol. The molecule has 3 amide bonds. The second kappa shape index (κ2) is 10.7. The maximum atomic E-state index is 12.4. The average molecular weight is 495 g/mol. The summed E-state index contributed by atoms with van der Waals surface area (Å²) in [5.41, 5.74) is -1.58. The number of esters is 1. The second-order valence-electron chi connectivity index (χ2n) is 8.54. The van der Waals surface area contributed by atoms with Gasteiger partial charge in [0.25, 0.3) is 27.7 Å². The summed E-state index contributed by atoms with van der Waals surface area (Å²) in [4.78, 5) is 59.8. The zero-order valence-corrected chi connectivity index (χ0v) is 19.8. The van der Waals surface area contributed by atoms with Crippen LogP contribution in [0.1, 0.15) is 56.8 Å². The van der Waals surface area contributed by atoms with E-state index in [1.165, 1.54) is 39.0 Å². The molecule has 0 saturated carbocycles. The number of hydrogen-bond donors (Lipinski definition) is 2. The number of hydrogen-bond acceptors (Lipinski definition) is 8. The van der Waals surface area contributed by atoms with Gasteiger partial charge in [-0.1, -0.05) is 6.42 Å². The van der Waals surface area contributed by atoms with Crippen LogP contribution < -0.4 is 5.32 Å². The van der Waals surface area contributed by atoms with E-state index >= 15 is 0 Å². The van der Waals surface area contributed by atoms with Crippen molar-refractivity contribution in [3.8, 4) is 0 Å². The number of rotatable bonds is 10. The van der Waals surface area contributed by atoms with Crippen LogP contribution in [0.2, 0.25) is 0 Å². The van der Waals surface area contributed by atoms with E-state index in [1.807, 2.05) is 0 Å². The maximum Gasteiger partial charge on any atom is 0.380 e. The number of carbonyl (C=O) groups is 5. The van der Waals surface area contributed by atoms with E-state index in [2.05, 4.69) is 5.32 Å². The number of unbranched alkanes of at least 4 members (excludes halogenated alkanes) is 2. The number of ketones is 1. The van der Waals surface area contributed by atoms with Gasteiger partial charge in [-0.3, -0.25) is 28.6 Å². The standard InChI is InChI=1S/C22H26N2O9S/c1-22(2,3)33-21(29)20(28)15-9-8-14(13-16(15)34(30,31)32)23-17(25)7-5-4-6-12-24-18(26)10-11-19(24)27/h8-11,13H,4-7,12H2,1-3H3,(H,23,25)(H,30,31,32). The minimum absolute atomic E-state index is 0.00213. The van der Waals surface area contributed by atoms with Crippen LogP contribution in [0.4, 0.5) is 5.69 Å². The molecule has 1 aromatic rings. The summed E-state index contributed by atoms with van der Waals surface area (Å²) < 4.78 is 38.0. The van der Waals surface area contributed by atoms with Gasteiger partial charge in [-0.2, -0.15) is 8.42 Å². The van der Waals surface area contributed by atoms with E-state index in [1.54, 1.807) is 0 Å². The molecule has 1 aliphatic rings. The highest BCUT2D eigenvalue weighted by atomic mass is 32.2. The predicted octanol–water partition coefficient (Wildman–Crippen LogP) is 1.88. The number of anilines is 1. The molecule has 1 heterocycles. The number of Topliss-reactive ketones (excluding diaryl/α,β-unsaturated/α-hetero) is 1. The first-order valence-corrected chi connectivity index (χ1v) is 11.9. The zero-order valence-electron chi connectivity index (χ0n) is 19.0. The number of nitrogens with one attached hydrogen (secondary N) is 1. The number of benzene rings is 1. The van der Waals surface area contributed by atoms with Crippen molar-refractivity contribution in [2.45, 2.75) is 57.0 Å². The lowest BCUT2D eigenvalue weighted by Crippen LogP contribution is -2.30. The number of amides is 3. The third-order valence-corrected chi connectivity index (χ3v) is 5.45. The van der Waals surface area contributed by atoms with Crippen LogP contribution in [0.25, 0.3) is 0 Å². The van der Waals surface area contributed by atoms with Crippen molar-refractivity contribution >= 4 is 45.3 Å². The Kier molecular flexibility index (Phi) is 8.46. The van der Waals surface area contributed by atoms with Crippen molar-refractivity contribution in [3.05, 3.63) is 35.9 Å². The number of nitrogens with zero attached hydrogens (tertiary/aromatic N) is 1. The Labute approximate surface area is 196 Å². The molecule has 0 saturated heterocycles. The Balaban J connectivity index is 1.97. The molecule has 12 heteroatoms. The quantitative estimate of drug-likeness (QED) is 0.123. The van der Waals surface area contributed by atoms with Gasteiger partial charge in [0.1, 0.15) is 10.5 Å². The summed E-state index contributed by atoms with van der Waals surface area (Å²) >= 11 is 0. The molecular formula is C22H26N2O9S. The molecule has 0 unspecified atom stereocenters. The molecule has 2 rings (SSSR count). The zero-order chi connectivity index (χ0) is 25.7.